The van der Waals surface area contributed by atoms with Crippen molar-refractivity contribution in [3.05, 3.63) is 20.2 Å². The van der Waals surface area contributed by atoms with Crippen molar-refractivity contribution in [3.8, 4) is 0 Å². The number of nitrogens with zero attached hydrogens (tertiary/aromatic N) is 2. The number of hydrogen-bond donors (Lipinski definition) is 1. The molecule has 11 heteroatoms. The number of rotatable bonds is 6. The minimum atomic E-state index is -1.54. The highest BCUT2D eigenvalue weighted by molar-refractivity contribution is 5.74. The first-order valence-corrected chi connectivity index (χ1v) is 2.99. The summed E-state index contributed by atoms with van der Waals surface area (Å²) in [4.78, 5) is 40.2. The van der Waals surface area contributed by atoms with Crippen LogP contribution in [0.1, 0.15) is 0 Å². The van der Waals surface area contributed by atoms with Crippen molar-refractivity contribution >= 4 is 5.97 Å². The molecule has 1 atom stereocenters. The fourth-order valence-electron chi connectivity index (χ4n) is 0.338. The molecular formula is C3H5N3O8. The Balaban J connectivity index is 3.76. The van der Waals surface area contributed by atoms with Gasteiger partial charge in [-0.05, 0) is 0 Å². The predicted octanol–water partition coefficient (Wildman–Crippen LogP) is -1.81. The quantitative estimate of drug-likeness (QED) is 0.303. The molecule has 0 saturated carbocycles. The summed E-state index contributed by atoms with van der Waals surface area (Å²) in [6.45, 7) is -0.785. The van der Waals surface area contributed by atoms with E-state index in [1.807, 2.05) is 0 Å². The third kappa shape index (κ3) is 5.48. The summed E-state index contributed by atoms with van der Waals surface area (Å²) < 4.78 is 0. The van der Waals surface area contributed by atoms with Crippen molar-refractivity contribution in [2.75, 3.05) is 6.61 Å². The Kier molecular flexibility index (Phi) is 4.62. The van der Waals surface area contributed by atoms with Gasteiger partial charge in [0.05, 0.1) is 0 Å². The van der Waals surface area contributed by atoms with Crippen molar-refractivity contribution in [3.63, 3.8) is 0 Å². The largest absolute Gasteiger partial charge is 0.361 e. The van der Waals surface area contributed by atoms with Gasteiger partial charge in [0.1, 0.15) is 12.6 Å². The summed E-state index contributed by atoms with van der Waals surface area (Å²) in [5.41, 5.74) is 4.95. The van der Waals surface area contributed by atoms with Gasteiger partial charge in [-0.1, -0.05) is 4.99 Å². The van der Waals surface area contributed by atoms with Gasteiger partial charge in [0.25, 0.3) is 5.09 Å². The summed E-state index contributed by atoms with van der Waals surface area (Å²) in [6.07, 6.45) is 0. The third-order valence-corrected chi connectivity index (χ3v) is 0.843. The van der Waals surface area contributed by atoms with Gasteiger partial charge in [0, 0.05) is 0 Å². The number of carbonyl (C=O) groups is 1. The van der Waals surface area contributed by atoms with E-state index in [1.54, 1.807) is 0 Å². The minimum absolute atomic E-state index is 0.785. The molecule has 0 aromatic carbocycles. The van der Waals surface area contributed by atoms with E-state index >= 15 is 0 Å². The zero-order valence-corrected chi connectivity index (χ0v) is 6.52. The molecule has 0 spiro atoms. The van der Waals surface area contributed by atoms with Gasteiger partial charge in [-0.15, -0.1) is 20.2 Å². The van der Waals surface area contributed by atoms with Crippen molar-refractivity contribution in [1.82, 2.24) is 0 Å². The van der Waals surface area contributed by atoms with Crippen LogP contribution < -0.4 is 5.73 Å². The second-order valence-corrected chi connectivity index (χ2v) is 1.83. The third-order valence-electron chi connectivity index (χ3n) is 0.843. The molecule has 0 aromatic rings. The topological polar surface area (TPSA) is 157 Å². The second-order valence-electron chi connectivity index (χ2n) is 1.83. The molecule has 0 aliphatic rings. The van der Waals surface area contributed by atoms with E-state index in [4.69, 9.17) is 5.73 Å². The van der Waals surface area contributed by atoms with E-state index < -0.39 is 28.8 Å². The molecular weight excluding hydrogens is 206 g/mol. The molecule has 0 saturated heterocycles. The van der Waals surface area contributed by atoms with Gasteiger partial charge in [0.15, 0.2) is 0 Å². The van der Waals surface area contributed by atoms with Gasteiger partial charge >= 0.3 is 11.1 Å². The lowest BCUT2D eigenvalue weighted by atomic mass is 10.3. The highest BCUT2D eigenvalue weighted by Crippen LogP contribution is 1.89. The SMILES string of the molecule is N[C@@H](CO[N+](=O)[O-])C(=O)OO[N+](=O)[O-]. The van der Waals surface area contributed by atoms with Crippen LogP contribution >= 0.6 is 0 Å². The molecule has 0 fully saturated rings. The van der Waals surface area contributed by atoms with Gasteiger partial charge in [-0.25, -0.2) is 4.79 Å². The Morgan fingerprint density at radius 1 is 1.36 bits per heavy atom. The van der Waals surface area contributed by atoms with Crippen LogP contribution in [0.3, 0.4) is 0 Å². The first kappa shape index (κ1) is 11.8. The molecule has 0 heterocycles. The first-order chi connectivity index (χ1) is 6.43. The molecule has 2 N–H and O–H groups in total. The zero-order valence-electron chi connectivity index (χ0n) is 6.52. The first-order valence-electron chi connectivity index (χ1n) is 2.99. The molecule has 80 valence electrons. The van der Waals surface area contributed by atoms with E-state index in [1.165, 1.54) is 0 Å². The highest BCUT2D eigenvalue weighted by atomic mass is 17.3. The molecule has 14 heavy (non-hydrogen) atoms. The maximum atomic E-state index is 10.6. The van der Waals surface area contributed by atoms with E-state index in [0.717, 1.165) is 0 Å². The molecule has 0 bridgehead atoms. The summed E-state index contributed by atoms with van der Waals surface area (Å²) in [7, 11) is 0. The molecule has 0 radical (unpaired) electrons. The lowest BCUT2D eigenvalue weighted by Gasteiger charge is -2.06. The molecule has 0 aliphatic heterocycles. The second kappa shape index (κ2) is 5.47. The monoisotopic (exact) mass is 211 g/mol. The fraction of sp³-hybridized carbons (Fsp3) is 0.667. The lowest BCUT2D eigenvalue weighted by molar-refractivity contribution is -0.840. The van der Waals surface area contributed by atoms with Crippen LogP contribution in [0.4, 0.5) is 0 Å². The molecule has 0 rings (SSSR count). The van der Waals surface area contributed by atoms with Crippen LogP contribution in [-0.2, 0) is 19.5 Å². The van der Waals surface area contributed by atoms with E-state index in [2.05, 4.69) is 14.7 Å². The Bertz CT molecular complexity index is 240. The lowest BCUT2D eigenvalue weighted by Crippen LogP contribution is -2.37. The summed E-state index contributed by atoms with van der Waals surface area (Å²) in [5, 5.41) is 16.6. The molecule has 0 amide bonds. The van der Waals surface area contributed by atoms with Crippen molar-refractivity contribution in [2.45, 2.75) is 6.04 Å². The normalized spacial score (nSPS) is 11.2. The van der Waals surface area contributed by atoms with Gasteiger partial charge in [-0.3, -0.25) is 4.89 Å². The van der Waals surface area contributed by atoms with Crippen molar-refractivity contribution in [2.24, 2.45) is 5.73 Å². The van der Waals surface area contributed by atoms with Crippen LogP contribution in [0.25, 0.3) is 0 Å². The van der Waals surface area contributed by atoms with Crippen LogP contribution in [-0.4, -0.2) is 28.8 Å². The summed E-state index contributed by atoms with van der Waals surface area (Å²) in [6, 6.07) is -1.54. The zero-order chi connectivity index (χ0) is 11.1. The summed E-state index contributed by atoms with van der Waals surface area (Å²) >= 11 is 0. The number of carbonyl (C=O) groups excluding carboxylic acids is 1. The summed E-state index contributed by atoms with van der Waals surface area (Å²) in [5.74, 6) is -1.36. The van der Waals surface area contributed by atoms with E-state index in [9.17, 15) is 25.0 Å². The number of hydrogen-bond acceptors (Lipinski definition) is 9. The Morgan fingerprint density at radius 2 is 1.93 bits per heavy atom. The van der Waals surface area contributed by atoms with Gasteiger partial charge in [0.2, 0.25) is 0 Å². The average Bonchev–Trinajstić information content (AvgIpc) is 2.09. The van der Waals surface area contributed by atoms with Crippen LogP contribution in [0.15, 0.2) is 0 Å². The van der Waals surface area contributed by atoms with Crippen LogP contribution in [0.5, 0.6) is 0 Å². The van der Waals surface area contributed by atoms with Crippen molar-refractivity contribution in [1.29, 1.82) is 0 Å². The van der Waals surface area contributed by atoms with Crippen molar-refractivity contribution < 1.29 is 29.7 Å². The predicted molar refractivity (Wildman–Crippen MR) is 35.1 cm³/mol. The average molecular weight is 211 g/mol. The molecule has 0 aliphatic carbocycles. The van der Waals surface area contributed by atoms with E-state index in [-0.39, 0.29) is 0 Å². The Hall–Kier alpha value is -2.17. The maximum absolute atomic E-state index is 10.6. The smallest absolute Gasteiger partial charge is 0.317 e. The molecule has 0 unspecified atom stereocenters. The molecule has 11 nitrogen and oxygen atoms in total. The fourth-order valence-corrected chi connectivity index (χ4v) is 0.338. The Labute approximate surface area is 75.5 Å². The standard InChI is InChI=1S/C3H5N3O8/c4-2(1-12-5(8)9)3(7)13-14-6(10)11/h2H,1,4H2/t2-/m0/s1. The van der Waals surface area contributed by atoms with Gasteiger partial charge < -0.3 is 10.6 Å². The Morgan fingerprint density at radius 3 is 2.36 bits per heavy atom. The van der Waals surface area contributed by atoms with E-state index in [0.29, 0.717) is 0 Å². The minimum Gasteiger partial charge on any atom is -0.317 e. The number of nitrogens with two attached hydrogens (primary N) is 1. The van der Waals surface area contributed by atoms with Gasteiger partial charge in [-0.2, -0.15) is 0 Å². The molecule has 0 aromatic heterocycles. The maximum Gasteiger partial charge on any atom is 0.361 e. The van der Waals surface area contributed by atoms with Crippen LogP contribution in [0, 0.1) is 20.2 Å². The van der Waals surface area contributed by atoms with Crippen LogP contribution in [0.2, 0.25) is 0 Å². The highest BCUT2D eigenvalue weighted by Gasteiger charge is 2.19.